The molecule has 0 aromatic carbocycles. The monoisotopic (exact) mass is 499 g/mol. The normalized spacial score (nSPS) is 14.1. The van der Waals surface area contributed by atoms with Gasteiger partial charge in [-0.3, -0.25) is 9.67 Å². The van der Waals surface area contributed by atoms with Crippen molar-refractivity contribution in [1.29, 1.82) is 5.26 Å². The highest BCUT2D eigenvalue weighted by Gasteiger charge is 2.25. The molecule has 1 aliphatic heterocycles. The van der Waals surface area contributed by atoms with Crippen molar-refractivity contribution in [2.75, 3.05) is 13.2 Å². The molecule has 0 bridgehead atoms. The highest BCUT2D eigenvalue weighted by molar-refractivity contribution is 5.75. The first-order chi connectivity index (χ1) is 17.4. The number of ether oxygens (including phenoxy) is 2. The molecule has 4 aromatic heterocycles. The van der Waals surface area contributed by atoms with E-state index in [0.29, 0.717) is 30.9 Å². The van der Waals surface area contributed by atoms with Crippen molar-refractivity contribution in [2.45, 2.75) is 32.7 Å². The second-order valence-electron chi connectivity index (χ2n) is 8.13. The number of aromatic nitrogens is 5. The molecule has 5 heterocycles. The molecule has 1 unspecified atom stereocenters. The average molecular weight is 499 g/mol. The summed E-state index contributed by atoms with van der Waals surface area (Å²) in [5.41, 5.74) is 3.24. The van der Waals surface area contributed by atoms with Crippen LogP contribution in [0.15, 0.2) is 36.8 Å². The van der Waals surface area contributed by atoms with Gasteiger partial charge < -0.3 is 19.5 Å². The van der Waals surface area contributed by atoms with Gasteiger partial charge in [-0.15, -0.1) is 0 Å². The summed E-state index contributed by atoms with van der Waals surface area (Å²) >= 11 is 0. The molecule has 0 aliphatic carbocycles. The van der Waals surface area contributed by atoms with E-state index in [2.05, 4.69) is 26.1 Å². The summed E-state index contributed by atoms with van der Waals surface area (Å²) in [7, 11) is 0. The Morgan fingerprint density at radius 3 is 2.72 bits per heavy atom. The van der Waals surface area contributed by atoms with E-state index < -0.39 is 25.1 Å². The lowest BCUT2D eigenvalue weighted by Gasteiger charge is -2.22. The fourth-order valence-electron chi connectivity index (χ4n) is 4.19. The lowest BCUT2D eigenvalue weighted by Crippen LogP contribution is -2.30. The zero-order chi connectivity index (χ0) is 25.4. The van der Waals surface area contributed by atoms with E-state index in [0.717, 1.165) is 23.7 Å². The van der Waals surface area contributed by atoms with E-state index in [1.807, 2.05) is 11.6 Å². The molecule has 0 spiro atoms. The Hall–Kier alpha value is -4.31. The van der Waals surface area contributed by atoms with Gasteiger partial charge in [0, 0.05) is 23.9 Å². The molecule has 0 radical (unpaired) electrons. The number of aliphatic hydroxyl groups excluding tert-OH is 1. The molecule has 0 amide bonds. The highest BCUT2D eigenvalue weighted by atomic mass is 19.3. The van der Waals surface area contributed by atoms with E-state index in [1.54, 1.807) is 17.2 Å². The Bertz CT molecular complexity index is 1450. The number of hydrogen-bond donors (Lipinski definition) is 1. The molecule has 4 aromatic rings. The molecule has 186 valence electrons. The Labute approximate surface area is 202 Å². The number of rotatable bonds is 7. The van der Waals surface area contributed by atoms with Gasteiger partial charge in [0.05, 0.1) is 49.2 Å². The van der Waals surface area contributed by atoms with E-state index in [-0.39, 0.29) is 22.7 Å². The third-order valence-corrected chi connectivity index (χ3v) is 5.93. The molecule has 0 saturated heterocycles. The zero-order valence-corrected chi connectivity index (χ0v) is 19.0. The molecular formula is C23H20F3N7O3. The predicted molar refractivity (Wildman–Crippen MR) is 118 cm³/mol. The molecule has 1 atom stereocenters. The first-order valence-corrected chi connectivity index (χ1v) is 10.9. The third kappa shape index (κ3) is 4.27. The van der Waals surface area contributed by atoms with Crippen LogP contribution in [0.4, 0.5) is 13.2 Å². The second-order valence-corrected chi connectivity index (χ2v) is 8.13. The number of alkyl halides is 2. The number of nitrogens with zero attached hydrogens (tertiary/aromatic N) is 7. The summed E-state index contributed by atoms with van der Waals surface area (Å²) in [6.45, 7) is -0.246. The van der Waals surface area contributed by atoms with Gasteiger partial charge in [-0.2, -0.15) is 24.2 Å². The molecule has 10 nitrogen and oxygen atoms in total. The quantitative estimate of drug-likeness (QED) is 0.386. The Kier molecular flexibility index (Phi) is 6.11. The van der Waals surface area contributed by atoms with Crippen LogP contribution in [0.25, 0.3) is 16.8 Å². The van der Waals surface area contributed by atoms with Crippen LogP contribution in [-0.4, -0.2) is 54.1 Å². The molecule has 1 aliphatic rings. The van der Waals surface area contributed by atoms with Gasteiger partial charge in [-0.25, -0.2) is 8.91 Å². The predicted octanol–water partition coefficient (Wildman–Crippen LogP) is 3.05. The molecule has 1 N–H and O–H groups in total. The fourth-order valence-corrected chi connectivity index (χ4v) is 4.19. The van der Waals surface area contributed by atoms with Gasteiger partial charge in [-0.05, 0) is 25.1 Å². The number of halogens is 3. The summed E-state index contributed by atoms with van der Waals surface area (Å²) in [5.74, 6) is -0.701. The van der Waals surface area contributed by atoms with Crippen LogP contribution < -0.4 is 9.47 Å². The van der Waals surface area contributed by atoms with Gasteiger partial charge >= 0.3 is 6.61 Å². The van der Waals surface area contributed by atoms with Crippen molar-refractivity contribution in [3.05, 3.63) is 59.6 Å². The van der Waals surface area contributed by atoms with Crippen LogP contribution in [0, 0.1) is 24.2 Å². The zero-order valence-electron chi connectivity index (χ0n) is 19.0. The van der Waals surface area contributed by atoms with Crippen LogP contribution in [0.2, 0.25) is 0 Å². The summed E-state index contributed by atoms with van der Waals surface area (Å²) < 4.78 is 53.3. The largest absolute Gasteiger partial charge is 0.479 e. The van der Waals surface area contributed by atoms with Gasteiger partial charge in [0.25, 0.3) is 0 Å². The molecule has 0 saturated carbocycles. The summed E-state index contributed by atoms with van der Waals surface area (Å²) in [6.07, 6.45) is 4.85. The summed E-state index contributed by atoms with van der Waals surface area (Å²) in [5, 5.41) is 28.1. The number of pyridine rings is 2. The molecular weight excluding hydrogens is 479 g/mol. The maximum absolute atomic E-state index is 13.4. The topological polar surface area (TPSA) is 114 Å². The van der Waals surface area contributed by atoms with Gasteiger partial charge in [0.15, 0.2) is 29.3 Å². The minimum Gasteiger partial charge on any atom is -0.479 e. The van der Waals surface area contributed by atoms with Crippen LogP contribution in [-0.2, 0) is 13.1 Å². The Morgan fingerprint density at radius 2 is 2.03 bits per heavy atom. The van der Waals surface area contributed by atoms with Crippen molar-refractivity contribution in [3.8, 4) is 28.9 Å². The van der Waals surface area contributed by atoms with Crippen molar-refractivity contribution >= 4 is 5.52 Å². The minimum atomic E-state index is -3.09. The number of fused-ring (bicyclic) bond motifs is 2. The maximum Gasteiger partial charge on any atom is 0.387 e. The Balaban J connectivity index is 1.61. The fraction of sp³-hybridized carbons (Fsp3) is 0.304. The van der Waals surface area contributed by atoms with Gasteiger partial charge in [-0.1, -0.05) is 0 Å². The SMILES string of the molecule is Cc1c(-c2cc(OC(CO)c3ccc(F)cn3)c3c(OC(F)F)cnn3c2)nn2c1CN(C#N)CC2. The minimum absolute atomic E-state index is 0.0786. The standard InChI is InChI=1S/C23H20F3N7O3/c1-13-17-10-31(12-27)4-5-32(17)30-21(13)14-6-18(22-19(36-23(25)26)8-29-33(22)9-14)35-20(11-34)16-3-2-15(24)7-28-16/h2-3,6-9,20,23,34H,4-5,10-11H2,1H3. The van der Waals surface area contributed by atoms with Crippen LogP contribution in [0.5, 0.6) is 11.5 Å². The van der Waals surface area contributed by atoms with E-state index in [4.69, 9.17) is 4.74 Å². The Morgan fingerprint density at radius 1 is 1.19 bits per heavy atom. The van der Waals surface area contributed by atoms with Crippen LogP contribution >= 0.6 is 0 Å². The average Bonchev–Trinajstić information content (AvgIpc) is 3.43. The third-order valence-electron chi connectivity index (χ3n) is 5.93. The number of nitriles is 1. The number of hydrogen-bond acceptors (Lipinski definition) is 8. The van der Waals surface area contributed by atoms with Crippen molar-refractivity contribution in [3.63, 3.8) is 0 Å². The smallest absolute Gasteiger partial charge is 0.387 e. The van der Waals surface area contributed by atoms with Gasteiger partial charge in [0.1, 0.15) is 5.82 Å². The van der Waals surface area contributed by atoms with Gasteiger partial charge in [0.2, 0.25) is 0 Å². The highest BCUT2D eigenvalue weighted by Crippen LogP contribution is 2.37. The van der Waals surface area contributed by atoms with E-state index in [9.17, 15) is 23.5 Å². The lowest BCUT2D eigenvalue weighted by molar-refractivity contribution is -0.0489. The van der Waals surface area contributed by atoms with Crippen molar-refractivity contribution < 1.29 is 27.8 Å². The first kappa shape index (κ1) is 23.4. The molecule has 0 fully saturated rings. The molecule has 5 rings (SSSR count). The summed E-state index contributed by atoms with van der Waals surface area (Å²) in [6, 6.07) is 4.12. The summed E-state index contributed by atoms with van der Waals surface area (Å²) in [4.78, 5) is 5.59. The maximum atomic E-state index is 13.4. The van der Waals surface area contributed by atoms with Crippen LogP contribution in [0.3, 0.4) is 0 Å². The lowest BCUT2D eigenvalue weighted by atomic mass is 10.1. The van der Waals surface area contributed by atoms with E-state index in [1.165, 1.54) is 16.6 Å². The molecule has 36 heavy (non-hydrogen) atoms. The number of aliphatic hydroxyl groups is 1. The van der Waals surface area contributed by atoms with E-state index >= 15 is 0 Å². The van der Waals surface area contributed by atoms with Crippen molar-refractivity contribution in [1.82, 2.24) is 29.3 Å². The second kappa shape index (κ2) is 9.38. The molecule has 13 heteroatoms. The van der Waals surface area contributed by atoms with Crippen LogP contribution in [0.1, 0.15) is 23.1 Å². The first-order valence-electron chi connectivity index (χ1n) is 10.9. The van der Waals surface area contributed by atoms with Crippen molar-refractivity contribution in [2.24, 2.45) is 0 Å².